The first-order valence-electron chi connectivity index (χ1n) is 8.26. The molecule has 120 valence electrons. The maximum Gasteiger partial charge on any atom is 0.268 e. The van der Waals surface area contributed by atoms with Crippen molar-refractivity contribution in [3.63, 3.8) is 0 Å². The summed E-state index contributed by atoms with van der Waals surface area (Å²) in [5.74, 6) is 0. The fraction of sp³-hybridized carbons (Fsp3) is 0.444. The van der Waals surface area contributed by atoms with Crippen LogP contribution in [0.2, 0.25) is 0 Å². The number of rotatable bonds is 2. The second kappa shape index (κ2) is 6.26. The Morgan fingerprint density at radius 2 is 1.78 bits per heavy atom. The van der Waals surface area contributed by atoms with Crippen molar-refractivity contribution in [3.05, 3.63) is 63.1 Å². The van der Waals surface area contributed by atoms with Crippen LogP contribution in [-0.4, -0.2) is 34.4 Å². The molecule has 23 heavy (non-hydrogen) atoms. The summed E-state index contributed by atoms with van der Waals surface area (Å²) in [6.07, 6.45) is 2.86. The van der Waals surface area contributed by atoms with Gasteiger partial charge in [0.15, 0.2) is 0 Å². The van der Waals surface area contributed by atoms with Gasteiger partial charge >= 0.3 is 0 Å². The lowest BCUT2D eigenvalue weighted by Gasteiger charge is -2.22. The van der Waals surface area contributed by atoms with Crippen molar-refractivity contribution < 1.29 is 4.74 Å². The first kappa shape index (κ1) is 14.6. The molecule has 2 aliphatic rings. The van der Waals surface area contributed by atoms with Crippen LogP contribution < -0.4 is 5.56 Å². The lowest BCUT2D eigenvalue weighted by atomic mass is 10.0. The van der Waals surface area contributed by atoms with Crippen LogP contribution in [0.25, 0.3) is 0 Å². The van der Waals surface area contributed by atoms with E-state index < -0.39 is 0 Å². The zero-order valence-corrected chi connectivity index (χ0v) is 13.2. The Hall–Kier alpha value is -1.98. The standard InChI is InChI=1S/C18H21N3O2/c22-18-11-16-12-23-10-7-17(16)19-21(18)13-20-8-5-14-3-1-2-4-15(14)6-9-20/h1-4,11H,5-10,12-13H2. The highest BCUT2D eigenvalue weighted by Crippen LogP contribution is 2.16. The van der Waals surface area contributed by atoms with Gasteiger partial charge in [-0.1, -0.05) is 24.3 Å². The van der Waals surface area contributed by atoms with Gasteiger partial charge in [0.05, 0.1) is 25.6 Å². The summed E-state index contributed by atoms with van der Waals surface area (Å²) < 4.78 is 7.01. The summed E-state index contributed by atoms with van der Waals surface area (Å²) >= 11 is 0. The van der Waals surface area contributed by atoms with Gasteiger partial charge in [-0.2, -0.15) is 5.10 Å². The van der Waals surface area contributed by atoms with Gasteiger partial charge in [-0.15, -0.1) is 0 Å². The maximum absolute atomic E-state index is 12.3. The third kappa shape index (κ3) is 3.07. The first-order chi connectivity index (χ1) is 11.3. The minimum atomic E-state index is -0.0315. The van der Waals surface area contributed by atoms with Crippen LogP contribution in [0.4, 0.5) is 0 Å². The molecule has 0 amide bonds. The second-order valence-electron chi connectivity index (χ2n) is 6.28. The molecule has 1 aromatic carbocycles. The molecule has 0 saturated carbocycles. The molecular formula is C18H21N3O2. The summed E-state index contributed by atoms with van der Waals surface area (Å²) in [4.78, 5) is 14.6. The highest BCUT2D eigenvalue weighted by Gasteiger charge is 2.17. The van der Waals surface area contributed by atoms with Gasteiger partial charge in [0.2, 0.25) is 0 Å². The smallest absolute Gasteiger partial charge is 0.268 e. The van der Waals surface area contributed by atoms with E-state index in [1.54, 1.807) is 10.7 Å². The molecule has 1 aromatic heterocycles. The van der Waals surface area contributed by atoms with E-state index in [0.29, 0.717) is 19.9 Å². The molecule has 2 aliphatic heterocycles. The van der Waals surface area contributed by atoms with Crippen molar-refractivity contribution in [2.24, 2.45) is 0 Å². The van der Waals surface area contributed by atoms with Crippen molar-refractivity contribution in [2.45, 2.75) is 32.5 Å². The Labute approximate surface area is 135 Å². The lowest BCUT2D eigenvalue weighted by Crippen LogP contribution is -2.36. The monoisotopic (exact) mass is 311 g/mol. The van der Waals surface area contributed by atoms with E-state index in [2.05, 4.69) is 34.3 Å². The van der Waals surface area contributed by atoms with Crippen molar-refractivity contribution in [1.29, 1.82) is 0 Å². The molecule has 5 heteroatoms. The normalized spacial score (nSPS) is 18.1. The number of hydrogen-bond acceptors (Lipinski definition) is 4. The predicted octanol–water partition coefficient (Wildman–Crippen LogP) is 1.37. The summed E-state index contributed by atoms with van der Waals surface area (Å²) in [5, 5.41) is 4.57. The molecule has 0 radical (unpaired) electrons. The minimum Gasteiger partial charge on any atom is -0.376 e. The van der Waals surface area contributed by atoms with Crippen LogP contribution in [0.1, 0.15) is 22.4 Å². The van der Waals surface area contributed by atoms with Crippen molar-refractivity contribution in [1.82, 2.24) is 14.7 Å². The number of fused-ring (bicyclic) bond motifs is 2. The van der Waals surface area contributed by atoms with Crippen molar-refractivity contribution >= 4 is 0 Å². The van der Waals surface area contributed by atoms with Crippen LogP contribution in [0, 0.1) is 0 Å². The zero-order valence-electron chi connectivity index (χ0n) is 13.2. The molecule has 0 N–H and O–H groups in total. The van der Waals surface area contributed by atoms with Gasteiger partial charge < -0.3 is 4.74 Å². The molecule has 2 aromatic rings. The predicted molar refractivity (Wildman–Crippen MR) is 87.3 cm³/mol. The van der Waals surface area contributed by atoms with Crippen LogP contribution in [0.15, 0.2) is 35.1 Å². The minimum absolute atomic E-state index is 0.0315. The highest BCUT2D eigenvalue weighted by atomic mass is 16.5. The van der Waals surface area contributed by atoms with Gasteiger partial charge in [0, 0.05) is 31.1 Å². The summed E-state index contributed by atoms with van der Waals surface area (Å²) in [7, 11) is 0. The lowest BCUT2D eigenvalue weighted by molar-refractivity contribution is 0.107. The van der Waals surface area contributed by atoms with Gasteiger partial charge in [0.1, 0.15) is 0 Å². The van der Waals surface area contributed by atoms with Crippen LogP contribution >= 0.6 is 0 Å². The van der Waals surface area contributed by atoms with Crippen LogP contribution in [-0.2, 0) is 37.3 Å². The maximum atomic E-state index is 12.3. The quantitative estimate of drug-likeness (QED) is 0.840. The largest absolute Gasteiger partial charge is 0.376 e. The third-order valence-electron chi connectivity index (χ3n) is 4.75. The van der Waals surface area contributed by atoms with E-state index in [0.717, 1.165) is 43.6 Å². The van der Waals surface area contributed by atoms with Gasteiger partial charge in [-0.05, 0) is 24.0 Å². The molecule has 0 atom stereocenters. The van der Waals surface area contributed by atoms with Crippen molar-refractivity contribution in [2.75, 3.05) is 19.7 Å². The molecule has 0 saturated heterocycles. The molecule has 0 bridgehead atoms. The number of benzene rings is 1. The van der Waals surface area contributed by atoms with E-state index in [1.807, 2.05) is 0 Å². The third-order valence-corrected chi connectivity index (χ3v) is 4.75. The SMILES string of the molecule is O=c1cc2c(nn1CN1CCc3ccccc3CC1)CCOC2. The Balaban J connectivity index is 1.52. The molecule has 5 nitrogen and oxygen atoms in total. The number of hydrogen-bond donors (Lipinski definition) is 0. The molecule has 0 aliphatic carbocycles. The molecule has 0 unspecified atom stereocenters. The van der Waals surface area contributed by atoms with E-state index in [4.69, 9.17) is 4.74 Å². The molecule has 4 rings (SSSR count). The zero-order chi connectivity index (χ0) is 15.6. The van der Waals surface area contributed by atoms with Gasteiger partial charge in [-0.25, -0.2) is 4.68 Å². The average molecular weight is 311 g/mol. The second-order valence-corrected chi connectivity index (χ2v) is 6.28. The fourth-order valence-electron chi connectivity index (χ4n) is 3.40. The summed E-state index contributed by atoms with van der Waals surface area (Å²) in [6.45, 7) is 3.70. The van der Waals surface area contributed by atoms with Gasteiger partial charge in [-0.3, -0.25) is 9.69 Å². The van der Waals surface area contributed by atoms with Crippen LogP contribution in [0.5, 0.6) is 0 Å². The Morgan fingerprint density at radius 1 is 1.04 bits per heavy atom. The number of aromatic nitrogens is 2. The van der Waals surface area contributed by atoms with E-state index >= 15 is 0 Å². The van der Waals surface area contributed by atoms with E-state index in [9.17, 15) is 4.79 Å². The first-order valence-corrected chi connectivity index (χ1v) is 8.26. The number of ether oxygens (including phenoxy) is 1. The van der Waals surface area contributed by atoms with Crippen molar-refractivity contribution in [3.8, 4) is 0 Å². The Morgan fingerprint density at radius 3 is 2.52 bits per heavy atom. The van der Waals surface area contributed by atoms with Gasteiger partial charge in [0.25, 0.3) is 5.56 Å². The molecule has 0 fully saturated rings. The molecular weight excluding hydrogens is 290 g/mol. The Kier molecular flexibility index (Phi) is 3.97. The summed E-state index contributed by atoms with van der Waals surface area (Å²) in [5.41, 5.74) is 4.78. The molecule has 0 spiro atoms. The van der Waals surface area contributed by atoms with E-state index in [-0.39, 0.29) is 5.56 Å². The summed E-state index contributed by atoms with van der Waals surface area (Å²) in [6, 6.07) is 10.3. The van der Waals surface area contributed by atoms with E-state index in [1.165, 1.54) is 11.1 Å². The number of nitrogens with zero attached hydrogens (tertiary/aromatic N) is 3. The Bertz CT molecular complexity index is 742. The molecule has 3 heterocycles. The topological polar surface area (TPSA) is 47.4 Å². The highest BCUT2D eigenvalue weighted by molar-refractivity contribution is 5.28. The average Bonchev–Trinajstić information content (AvgIpc) is 2.78. The fourth-order valence-corrected chi connectivity index (χ4v) is 3.40. The van der Waals surface area contributed by atoms with Crippen LogP contribution in [0.3, 0.4) is 0 Å².